The van der Waals surface area contributed by atoms with Crippen LogP contribution >= 0.6 is 0 Å². The van der Waals surface area contributed by atoms with E-state index >= 15 is 0 Å². The van der Waals surface area contributed by atoms with Gasteiger partial charge in [0.15, 0.2) is 11.5 Å². The molecule has 0 atom stereocenters. The van der Waals surface area contributed by atoms with Crippen molar-refractivity contribution >= 4 is 5.91 Å². The van der Waals surface area contributed by atoms with Gasteiger partial charge < -0.3 is 14.8 Å². The van der Waals surface area contributed by atoms with Gasteiger partial charge in [-0.15, -0.1) is 0 Å². The standard InChI is InChI=1S/C20H23F2NO3/c1-13(2)15-5-7-16(8-6-15)19(24)23-11-10-14-4-9-17(25-3)18(12-14)26-20(21)22/h4-9,12-13,20H,10-11H2,1-3H3,(H,23,24). The maximum atomic E-state index is 12.5. The largest absolute Gasteiger partial charge is 0.493 e. The second-order valence-corrected chi connectivity index (χ2v) is 6.15. The molecule has 6 heteroatoms. The minimum Gasteiger partial charge on any atom is -0.493 e. The molecule has 2 aromatic carbocycles. The van der Waals surface area contributed by atoms with Crippen LogP contribution in [-0.4, -0.2) is 26.2 Å². The highest BCUT2D eigenvalue weighted by atomic mass is 19.3. The van der Waals surface area contributed by atoms with Crippen molar-refractivity contribution < 1.29 is 23.0 Å². The van der Waals surface area contributed by atoms with Crippen molar-refractivity contribution in [3.63, 3.8) is 0 Å². The van der Waals surface area contributed by atoms with Gasteiger partial charge in [0.25, 0.3) is 5.91 Å². The fourth-order valence-corrected chi connectivity index (χ4v) is 2.51. The van der Waals surface area contributed by atoms with Crippen molar-refractivity contribution in [1.29, 1.82) is 0 Å². The topological polar surface area (TPSA) is 47.6 Å². The molecular weight excluding hydrogens is 340 g/mol. The van der Waals surface area contributed by atoms with Crippen molar-refractivity contribution in [3.8, 4) is 11.5 Å². The Balaban J connectivity index is 1.93. The van der Waals surface area contributed by atoms with E-state index in [-0.39, 0.29) is 17.4 Å². The van der Waals surface area contributed by atoms with E-state index < -0.39 is 6.61 Å². The monoisotopic (exact) mass is 363 g/mol. The number of halogens is 2. The van der Waals surface area contributed by atoms with E-state index in [1.54, 1.807) is 24.3 Å². The highest BCUT2D eigenvalue weighted by molar-refractivity contribution is 5.94. The van der Waals surface area contributed by atoms with Gasteiger partial charge in [-0.25, -0.2) is 0 Å². The number of methoxy groups -OCH3 is 1. The first-order valence-corrected chi connectivity index (χ1v) is 8.40. The summed E-state index contributed by atoms with van der Waals surface area (Å²) in [5.74, 6) is 0.462. The molecule has 1 N–H and O–H groups in total. The van der Waals surface area contributed by atoms with Crippen LogP contribution in [0.4, 0.5) is 8.78 Å². The van der Waals surface area contributed by atoms with Crippen molar-refractivity contribution in [1.82, 2.24) is 5.32 Å². The molecule has 0 bridgehead atoms. The van der Waals surface area contributed by atoms with Gasteiger partial charge in [0.1, 0.15) is 0 Å². The summed E-state index contributed by atoms with van der Waals surface area (Å²) >= 11 is 0. The third-order valence-corrected chi connectivity index (χ3v) is 3.98. The minimum atomic E-state index is -2.92. The van der Waals surface area contributed by atoms with Gasteiger partial charge >= 0.3 is 6.61 Å². The zero-order chi connectivity index (χ0) is 19.1. The Hall–Kier alpha value is -2.63. The first kappa shape index (κ1) is 19.7. The number of hydrogen-bond donors (Lipinski definition) is 1. The number of carbonyl (C=O) groups excluding carboxylic acids is 1. The number of alkyl halides is 2. The third-order valence-electron chi connectivity index (χ3n) is 3.98. The lowest BCUT2D eigenvalue weighted by Crippen LogP contribution is -2.25. The van der Waals surface area contributed by atoms with E-state index in [0.29, 0.717) is 24.4 Å². The molecule has 0 saturated heterocycles. The molecule has 0 saturated carbocycles. The zero-order valence-corrected chi connectivity index (χ0v) is 15.1. The van der Waals surface area contributed by atoms with Crippen molar-refractivity contribution in [2.45, 2.75) is 32.8 Å². The van der Waals surface area contributed by atoms with Gasteiger partial charge in [-0.3, -0.25) is 4.79 Å². The smallest absolute Gasteiger partial charge is 0.387 e. The zero-order valence-electron chi connectivity index (χ0n) is 15.1. The number of rotatable bonds is 8. The van der Waals surface area contributed by atoms with E-state index in [2.05, 4.69) is 23.9 Å². The molecule has 0 unspecified atom stereocenters. The molecule has 0 aliphatic rings. The third kappa shape index (κ3) is 5.44. The average molecular weight is 363 g/mol. The summed E-state index contributed by atoms with van der Waals surface area (Å²) in [4.78, 5) is 12.2. The van der Waals surface area contributed by atoms with Crippen LogP contribution in [0.3, 0.4) is 0 Å². The Kier molecular flexibility index (Phi) is 6.95. The summed E-state index contributed by atoms with van der Waals surface area (Å²) in [5.41, 5.74) is 2.52. The summed E-state index contributed by atoms with van der Waals surface area (Å²) in [6, 6.07) is 12.3. The molecule has 26 heavy (non-hydrogen) atoms. The molecule has 2 aromatic rings. The number of ether oxygens (including phenoxy) is 2. The number of nitrogens with one attached hydrogen (secondary N) is 1. The van der Waals surface area contributed by atoms with Crippen LogP contribution in [0.15, 0.2) is 42.5 Å². The van der Waals surface area contributed by atoms with E-state index in [9.17, 15) is 13.6 Å². The molecule has 1 amide bonds. The van der Waals surface area contributed by atoms with Crippen LogP contribution in [-0.2, 0) is 6.42 Å². The quantitative estimate of drug-likeness (QED) is 0.757. The van der Waals surface area contributed by atoms with Crippen LogP contribution < -0.4 is 14.8 Å². The molecule has 0 aliphatic carbocycles. The highest BCUT2D eigenvalue weighted by Crippen LogP contribution is 2.29. The van der Waals surface area contributed by atoms with Crippen LogP contribution in [0.25, 0.3) is 0 Å². The van der Waals surface area contributed by atoms with E-state index in [1.807, 2.05) is 12.1 Å². The molecule has 0 fully saturated rings. The summed E-state index contributed by atoms with van der Waals surface area (Å²) in [7, 11) is 1.39. The van der Waals surface area contributed by atoms with Crippen molar-refractivity contribution in [2.24, 2.45) is 0 Å². The summed E-state index contributed by atoms with van der Waals surface area (Å²) in [6.07, 6.45) is 0.486. The average Bonchev–Trinajstić information content (AvgIpc) is 2.61. The maximum Gasteiger partial charge on any atom is 0.387 e. The van der Waals surface area contributed by atoms with Crippen LogP contribution in [0.2, 0.25) is 0 Å². The second-order valence-electron chi connectivity index (χ2n) is 6.15. The second kappa shape index (κ2) is 9.17. The summed E-state index contributed by atoms with van der Waals surface area (Å²) in [5, 5.41) is 2.83. The van der Waals surface area contributed by atoms with Crippen molar-refractivity contribution in [3.05, 3.63) is 59.2 Å². The number of amides is 1. The molecule has 0 radical (unpaired) electrons. The molecular formula is C20H23F2NO3. The lowest BCUT2D eigenvalue weighted by Gasteiger charge is -2.12. The van der Waals surface area contributed by atoms with Crippen LogP contribution in [0, 0.1) is 0 Å². The molecule has 0 spiro atoms. The molecule has 4 nitrogen and oxygen atoms in total. The molecule has 0 aliphatic heterocycles. The van der Waals surface area contributed by atoms with Crippen LogP contribution in [0.5, 0.6) is 11.5 Å². The first-order chi connectivity index (χ1) is 12.4. The van der Waals surface area contributed by atoms with Gasteiger partial charge in [0, 0.05) is 12.1 Å². The molecule has 2 rings (SSSR count). The Labute approximate surface area is 152 Å². The van der Waals surface area contributed by atoms with E-state index in [0.717, 1.165) is 5.56 Å². The van der Waals surface area contributed by atoms with E-state index in [1.165, 1.54) is 18.7 Å². The number of benzene rings is 2. The molecule has 140 valence electrons. The fraction of sp³-hybridized carbons (Fsp3) is 0.350. The lowest BCUT2D eigenvalue weighted by molar-refractivity contribution is -0.0512. The van der Waals surface area contributed by atoms with Crippen molar-refractivity contribution in [2.75, 3.05) is 13.7 Å². The van der Waals surface area contributed by atoms with E-state index in [4.69, 9.17) is 4.74 Å². The SMILES string of the molecule is COc1ccc(CCNC(=O)c2ccc(C(C)C)cc2)cc1OC(F)F. The molecule has 0 aromatic heterocycles. The summed E-state index contributed by atoms with van der Waals surface area (Å²) in [6.45, 7) is 1.64. The van der Waals surface area contributed by atoms with Gasteiger partial charge in [0.05, 0.1) is 7.11 Å². The van der Waals surface area contributed by atoms with Gasteiger partial charge in [-0.1, -0.05) is 32.0 Å². The van der Waals surface area contributed by atoms with Gasteiger partial charge in [-0.2, -0.15) is 8.78 Å². The minimum absolute atomic E-state index is 0.0180. The Morgan fingerprint density at radius 1 is 1.08 bits per heavy atom. The maximum absolute atomic E-state index is 12.5. The number of carbonyl (C=O) groups is 1. The lowest BCUT2D eigenvalue weighted by atomic mass is 10.0. The number of hydrogen-bond acceptors (Lipinski definition) is 3. The van der Waals surface area contributed by atoms with Gasteiger partial charge in [-0.05, 0) is 47.7 Å². The fourth-order valence-electron chi connectivity index (χ4n) is 2.51. The predicted octanol–water partition coefficient (Wildman–Crippen LogP) is 4.39. The summed E-state index contributed by atoms with van der Waals surface area (Å²) < 4.78 is 34.4. The normalized spacial score (nSPS) is 10.9. The highest BCUT2D eigenvalue weighted by Gasteiger charge is 2.12. The Morgan fingerprint density at radius 2 is 1.77 bits per heavy atom. The molecule has 0 heterocycles. The first-order valence-electron chi connectivity index (χ1n) is 8.40. The Morgan fingerprint density at radius 3 is 2.35 bits per heavy atom. The van der Waals surface area contributed by atoms with Gasteiger partial charge in [0.2, 0.25) is 0 Å². The van der Waals surface area contributed by atoms with Crippen LogP contribution in [0.1, 0.15) is 41.3 Å². The predicted molar refractivity (Wildman–Crippen MR) is 96.2 cm³/mol. The Bertz CT molecular complexity index is 730.